The summed E-state index contributed by atoms with van der Waals surface area (Å²) < 4.78 is 0. The molecule has 1 aliphatic carbocycles. The average Bonchev–Trinajstić information content (AvgIpc) is 2.75. The molecule has 2 rings (SSSR count). The molecular weight excluding hydrogens is 240 g/mol. The fraction of sp³-hybridized carbons (Fsp3) is 0.818. The summed E-state index contributed by atoms with van der Waals surface area (Å²) in [7, 11) is 0. The van der Waals surface area contributed by atoms with E-state index in [1.54, 1.807) is 16.7 Å². The Labute approximate surface area is 105 Å². The maximum Gasteiger partial charge on any atom is 0.327 e. The number of hydrogen-bond acceptors (Lipinski definition) is 4. The first-order valence-corrected chi connectivity index (χ1v) is 7.11. The number of nitrogens with zero attached hydrogens (tertiary/aromatic N) is 1. The van der Waals surface area contributed by atoms with Gasteiger partial charge in [0.2, 0.25) is 5.91 Å². The van der Waals surface area contributed by atoms with Crippen LogP contribution in [0.3, 0.4) is 0 Å². The van der Waals surface area contributed by atoms with Crippen LogP contribution in [-0.2, 0) is 9.59 Å². The summed E-state index contributed by atoms with van der Waals surface area (Å²) in [6.45, 7) is 0.548. The van der Waals surface area contributed by atoms with Crippen molar-refractivity contribution in [2.75, 3.05) is 18.1 Å². The Bertz CT molecular complexity index is 324. The molecule has 0 aromatic carbocycles. The molecule has 0 aromatic rings. The smallest absolute Gasteiger partial charge is 0.327 e. The van der Waals surface area contributed by atoms with Gasteiger partial charge in [0.15, 0.2) is 0 Å². The van der Waals surface area contributed by atoms with E-state index < -0.39 is 12.0 Å². The number of carbonyl (C=O) groups excluding carboxylic acids is 1. The van der Waals surface area contributed by atoms with E-state index in [-0.39, 0.29) is 17.9 Å². The molecule has 1 saturated carbocycles. The molecule has 2 aliphatic rings. The highest BCUT2D eigenvalue weighted by Crippen LogP contribution is 2.28. The summed E-state index contributed by atoms with van der Waals surface area (Å²) in [5.41, 5.74) is 5.80. The molecular formula is C11H18N2O3S. The molecule has 0 spiro atoms. The lowest BCUT2D eigenvalue weighted by Gasteiger charge is -2.34. The molecule has 5 nitrogen and oxygen atoms in total. The van der Waals surface area contributed by atoms with Crippen molar-refractivity contribution >= 4 is 23.6 Å². The molecule has 3 N–H and O–H groups in total. The molecule has 1 amide bonds. The standard InChI is InChI=1S/C11H18N2O3S/c12-8-2-1-7(5-8)10(14)13-3-4-17-6-9(13)11(15)16/h7-9H,1-6,12H2,(H,15,16). The molecule has 3 unspecified atom stereocenters. The van der Waals surface area contributed by atoms with Gasteiger partial charge in [0.1, 0.15) is 6.04 Å². The second-order valence-corrected chi connectivity index (χ2v) is 5.88. The molecule has 6 heteroatoms. The fourth-order valence-corrected chi connectivity index (χ4v) is 3.59. The van der Waals surface area contributed by atoms with Crippen molar-refractivity contribution in [3.63, 3.8) is 0 Å². The lowest BCUT2D eigenvalue weighted by Crippen LogP contribution is -2.52. The minimum atomic E-state index is -0.896. The van der Waals surface area contributed by atoms with Gasteiger partial charge in [-0.05, 0) is 19.3 Å². The average molecular weight is 258 g/mol. The van der Waals surface area contributed by atoms with E-state index in [4.69, 9.17) is 10.8 Å². The number of carboxylic acid groups (broad SMARTS) is 1. The van der Waals surface area contributed by atoms with Gasteiger partial charge < -0.3 is 15.7 Å². The van der Waals surface area contributed by atoms with Crippen molar-refractivity contribution in [3.8, 4) is 0 Å². The molecule has 2 fully saturated rings. The number of aliphatic carboxylic acids is 1. The highest BCUT2D eigenvalue weighted by Gasteiger charge is 2.37. The molecule has 96 valence electrons. The Morgan fingerprint density at radius 2 is 2.12 bits per heavy atom. The van der Waals surface area contributed by atoms with E-state index in [0.717, 1.165) is 18.6 Å². The zero-order valence-electron chi connectivity index (χ0n) is 9.67. The third kappa shape index (κ3) is 2.74. The Balaban J connectivity index is 2.03. The van der Waals surface area contributed by atoms with Gasteiger partial charge in [-0.1, -0.05) is 0 Å². The number of amides is 1. The summed E-state index contributed by atoms with van der Waals surface area (Å²) in [5.74, 6) is 0.363. The third-order valence-corrected chi connectivity index (χ3v) is 4.54. The van der Waals surface area contributed by atoms with Crippen LogP contribution in [0.25, 0.3) is 0 Å². The number of hydrogen-bond donors (Lipinski definition) is 2. The minimum Gasteiger partial charge on any atom is -0.480 e. The van der Waals surface area contributed by atoms with Crippen LogP contribution in [0.2, 0.25) is 0 Å². The van der Waals surface area contributed by atoms with Crippen LogP contribution >= 0.6 is 11.8 Å². The first kappa shape index (κ1) is 12.7. The van der Waals surface area contributed by atoms with Gasteiger partial charge in [0, 0.05) is 30.0 Å². The molecule has 1 aliphatic heterocycles. The van der Waals surface area contributed by atoms with E-state index in [2.05, 4.69) is 0 Å². The summed E-state index contributed by atoms with van der Waals surface area (Å²) in [4.78, 5) is 24.9. The summed E-state index contributed by atoms with van der Waals surface area (Å²) in [5, 5.41) is 9.12. The summed E-state index contributed by atoms with van der Waals surface area (Å²) >= 11 is 1.60. The monoisotopic (exact) mass is 258 g/mol. The molecule has 1 saturated heterocycles. The van der Waals surface area contributed by atoms with Crippen molar-refractivity contribution in [1.29, 1.82) is 0 Å². The maximum atomic E-state index is 12.3. The lowest BCUT2D eigenvalue weighted by molar-refractivity contribution is -0.151. The van der Waals surface area contributed by atoms with Crippen molar-refractivity contribution in [2.45, 2.75) is 31.3 Å². The molecule has 0 bridgehead atoms. The SMILES string of the molecule is NC1CCC(C(=O)N2CCSCC2C(=O)O)C1. The predicted octanol–water partition coefficient (Wildman–Crippen LogP) is 0.142. The van der Waals surface area contributed by atoms with E-state index >= 15 is 0 Å². The number of nitrogens with two attached hydrogens (primary N) is 1. The van der Waals surface area contributed by atoms with Crippen molar-refractivity contribution < 1.29 is 14.7 Å². The van der Waals surface area contributed by atoms with E-state index in [1.807, 2.05) is 0 Å². The molecule has 0 radical (unpaired) electrons. The predicted molar refractivity (Wildman–Crippen MR) is 65.8 cm³/mol. The fourth-order valence-electron chi connectivity index (χ4n) is 2.55. The summed E-state index contributed by atoms with van der Waals surface area (Å²) in [6, 6.07) is -0.551. The second-order valence-electron chi connectivity index (χ2n) is 4.73. The van der Waals surface area contributed by atoms with Crippen LogP contribution in [-0.4, -0.2) is 52.0 Å². The zero-order chi connectivity index (χ0) is 12.4. The van der Waals surface area contributed by atoms with Crippen LogP contribution in [0.15, 0.2) is 0 Å². The first-order valence-electron chi connectivity index (χ1n) is 5.96. The number of thioether (sulfide) groups is 1. The summed E-state index contributed by atoms with van der Waals surface area (Å²) in [6.07, 6.45) is 2.38. The quantitative estimate of drug-likeness (QED) is 0.736. The van der Waals surface area contributed by atoms with Crippen LogP contribution < -0.4 is 5.73 Å². The largest absolute Gasteiger partial charge is 0.480 e. The third-order valence-electron chi connectivity index (χ3n) is 3.52. The number of carbonyl (C=O) groups is 2. The topological polar surface area (TPSA) is 83.6 Å². The second kappa shape index (κ2) is 5.27. The van der Waals surface area contributed by atoms with Gasteiger partial charge in [-0.25, -0.2) is 4.79 Å². The van der Waals surface area contributed by atoms with Gasteiger partial charge in [0.05, 0.1) is 0 Å². The Kier molecular flexibility index (Phi) is 3.93. The van der Waals surface area contributed by atoms with Crippen molar-refractivity contribution in [3.05, 3.63) is 0 Å². The van der Waals surface area contributed by atoms with E-state index in [1.165, 1.54) is 0 Å². The van der Waals surface area contributed by atoms with Crippen molar-refractivity contribution in [2.24, 2.45) is 11.7 Å². The normalized spacial score (nSPS) is 33.7. The number of rotatable bonds is 2. The first-order chi connectivity index (χ1) is 8.09. The Hall–Kier alpha value is -0.750. The minimum absolute atomic E-state index is 0.00866. The van der Waals surface area contributed by atoms with Gasteiger partial charge in [0.25, 0.3) is 0 Å². The highest BCUT2D eigenvalue weighted by atomic mass is 32.2. The van der Waals surface area contributed by atoms with Crippen LogP contribution in [0.1, 0.15) is 19.3 Å². The Morgan fingerprint density at radius 3 is 2.71 bits per heavy atom. The highest BCUT2D eigenvalue weighted by molar-refractivity contribution is 7.99. The molecule has 17 heavy (non-hydrogen) atoms. The van der Waals surface area contributed by atoms with E-state index in [0.29, 0.717) is 18.7 Å². The molecule has 0 aromatic heterocycles. The zero-order valence-corrected chi connectivity index (χ0v) is 10.5. The van der Waals surface area contributed by atoms with E-state index in [9.17, 15) is 9.59 Å². The van der Waals surface area contributed by atoms with Gasteiger partial charge in [-0.2, -0.15) is 11.8 Å². The van der Waals surface area contributed by atoms with Crippen LogP contribution in [0.4, 0.5) is 0 Å². The van der Waals surface area contributed by atoms with Gasteiger partial charge >= 0.3 is 5.97 Å². The Morgan fingerprint density at radius 1 is 1.35 bits per heavy atom. The van der Waals surface area contributed by atoms with Crippen LogP contribution in [0, 0.1) is 5.92 Å². The van der Waals surface area contributed by atoms with Gasteiger partial charge in [-0.3, -0.25) is 4.79 Å². The molecule has 1 heterocycles. The molecule has 3 atom stereocenters. The number of carboxylic acids is 1. The lowest BCUT2D eigenvalue weighted by atomic mass is 10.0. The van der Waals surface area contributed by atoms with Gasteiger partial charge in [-0.15, -0.1) is 0 Å². The maximum absolute atomic E-state index is 12.3. The van der Waals surface area contributed by atoms with Crippen LogP contribution in [0.5, 0.6) is 0 Å². The van der Waals surface area contributed by atoms with Crippen molar-refractivity contribution in [1.82, 2.24) is 4.90 Å².